The van der Waals surface area contributed by atoms with Gasteiger partial charge in [-0.2, -0.15) is 0 Å². The molecule has 1 aliphatic heterocycles. The van der Waals surface area contributed by atoms with Crippen molar-refractivity contribution < 1.29 is 4.79 Å². The highest BCUT2D eigenvalue weighted by atomic mass is 16.2. The van der Waals surface area contributed by atoms with Crippen LogP contribution in [0.2, 0.25) is 0 Å². The maximum atomic E-state index is 12.7. The smallest absolute Gasteiger partial charge is 0.227 e. The molecule has 0 radical (unpaired) electrons. The quantitative estimate of drug-likeness (QED) is 0.656. The SMILES string of the molecule is C=C(C)Cn1c([C@@H]2CC(=O)N(c3cccc(C)c3)C2)nc2ccccc21. The first-order valence-corrected chi connectivity index (χ1v) is 8.99. The van der Waals surface area contributed by atoms with Crippen LogP contribution in [0.5, 0.6) is 0 Å². The van der Waals surface area contributed by atoms with E-state index in [2.05, 4.69) is 23.3 Å². The maximum Gasteiger partial charge on any atom is 0.227 e. The zero-order valence-corrected chi connectivity index (χ0v) is 15.3. The Bertz CT molecular complexity index is 1000. The average Bonchev–Trinajstić information content (AvgIpc) is 3.16. The Balaban J connectivity index is 1.72. The Morgan fingerprint density at radius 2 is 2.04 bits per heavy atom. The number of fused-ring (bicyclic) bond motifs is 1. The minimum Gasteiger partial charge on any atom is -0.324 e. The number of allylic oxidation sites excluding steroid dienone is 1. The molecule has 2 aromatic carbocycles. The molecule has 1 aromatic heterocycles. The van der Waals surface area contributed by atoms with Gasteiger partial charge in [0.25, 0.3) is 0 Å². The molecule has 2 heterocycles. The molecule has 1 atom stereocenters. The van der Waals surface area contributed by atoms with Crippen molar-refractivity contribution in [2.45, 2.75) is 32.7 Å². The van der Waals surface area contributed by atoms with Gasteiger partial charge in [0.1, 0.15) is 5.82 Å². The number of hydrogen-bond acceptors (Lipinski definition) is 2. The van der Waals surface area contributed by atoms with Crippen molar-refractivity contribution in [1.29, 1.82) is 0 Å². The molecule has 4 nitrogen and oxygen atoms in total. The summed E-state index contributed by atoms with van der Waals surface area (Å²) in [5.41, 5.74) is 5.29. The van der Waals surface area contributed by atoms with Crippen LogP contribution < -0.4 is 4.90 Å². The molecule has 0 bridgehead atoms. The van der Waals surface area contributed by atoms with Gasteiger partial charge in [-0.15, -0.1) is 0 Å². The molecule has 3 aromatic rings. The lowest BCUT2D eigenvalue weighted by Crippen LogP contribution is -2.24. The summed E-state index contributed by atoms with van der Waals surface area (Å²) in [5.74, 6) is 1.24. The molecule has 1 amide bonds. The first kappa shape index (κ1) is 16.6. The Morgan fingerprint density at radius 1 is 1.23 bits per heavy atom. The molecule has 0 spiro atoms. The Kier molecular flexibility index (Phi) is 4.11. The molecule has 4 rings (SSSR count). The van der Waals surface area contributed by atoms with E-state index in [0.29, 0.717) is 13.0 Å². The van der Waals surface area contributed by atoms with E-state index in [9.17, 15) is 4.79 Å². The summed E-state index contributed by atoms with van der Waals surface area (Å²) >= 11 is 0. The number of carbonyl (C=O) groups excluding carboxylic acids is 1. The summed E-state index contributed by atoms with van der Waals surface area (Å²) in [4.78, 5) is 19.5. The fourth-order valence-electron chi connectivity index (χ4n) is 3.77. The molecule has 132 valence electrons. The van der Waals surface area contributed by atoms with Gasteiger partial charge in [0.15, 0.2) is 0 Å². The molecule has 1 aliphatic rings. The van der Waals surface area contributed by atoms with Crippen molar-refractivity contribution in [2.75, 3.05) is 11.4 Å². The van der Waals surface area contributed by atoms with Crippen LogP contribution in [0.3, 0.4) is 0 Å². The van der Waals surface area contributed by atoms with Gasteiger partial charge >= 0.3 is 0 Å². The molecule has 0 N–H and O–H groups in total. The third-order valence-corrected chi connectivity index (χ3v) is 4.92. The average molecular weight is 345 g/mol. The normalized spacial score (nSPS) is 17.2. The Hall–Kier alpha value is -2.88. The van der Waals surface area contributed by atoms with Crippen LogP contribution in [0.4, 0.5) is 5.69 Å². The van der Waals surface area contributed by atoms with Gasteiger partial charge < -0.3 is 9.47 Å². The number of carbonyl (C=O) groups is 1. The van der Waals surface area contributed by atoms with Crippen LogP contribution in [0.25, 0.3) is 11.0 Å². The van der Waals surface area contributed by atoms with Gasteiger partial charge in [-0.1, -0.05) is 36.4 Å². The first-order valence-electron chi connectivity index (χ1n) is 8.99. The standard InChI is InChI=1S/C22H23N3O/c1-15(2)13-25-20-10-5-4-9-19(20)23-22(25)17-12-21(26)24(14-17)18-8-6-7-16(3)11-18/h4-11,17H,1,12-14H2,2-3H3/t17-/m1/s1. The molecular weight excluding hydrogens is 322 g/mol. The monoisotopic (exact) mass is 345 g/mol. The summed E-state index contributed by atoms with van der Waals surface area (Å²) in [6, 6.07) is 16.3. The van der Waals surface area contributed by atoms with Gasteiger partial charge in [0, 0.05) is 31.1 Å². The van der Waals surface area contributed by atoms with Crippen LogP contribution in [-0.2, 0) is 11.3 Å². The van der Waals surface area contributed by atoms with Crippen LogP contribution in [0.15, 0.2) is 60.7 Å². The summed E-state index contributed by atoms with van der Waals surface area (Å²) in [7, 11) is 0. The highest BCUT2D eigenvalue weighted by Crippen LogP contribution is 2.33. The molecule has 0 unspecified atom stereocenters. The van der Waals surface area contributed by atoms with Gasteiger partial charge in [-0.3, -0.25) is 4.79 Å². The van der Waals surface area contributed by atoms with E-state index in [1.165, 1.54) is 0 Å². The van der Waals surface area contributed by atoms with Crippen LogP contribution in [0, 0.1) is 6.92 Å². The zero-order valence-electron chi connectivity index (χ0n) is 15.3. The number of anilines is 1. The minimum absolute atomic E-state index is 0.0924. The van der Waals surface area contributed by atoms with Crippen molar-refractivity contribution in [1.82, 2.24) is 9.55 Å². The van der Waals surface area contributed by atoms with E-state index in [1.807, 2.05) is 55.1 Å². The van der Waals surface area contributed by atoms with Crippen molar-refractivity contribution in [2.24, 2.45) is 0 Å². The number of hydrogen-bond donors (Lipinski definition) is 0. The van der Waals surface area contributed by atoms with E-state index in [1.54, 1.807) is 0 Å². The van der Waals surface area contributed by atoms with Gasteiger partial charge in [-0.25, -0.2) is 4.98 Å². The highest BCUT2D eigenvalue weighted by molar-refractivity contribution is 5.96. The highest BCUT2D eigenvalue weighted by Gasteiger charge is 2.34. The molecule has 26 heavy (non-hydrogen) atoms. The second-order valence-corrected chi connectivity index (χ2v) is 7.25. The number of aryl methyl sites for hydroxylation is 1. The number of para-hydroxylation sites is 2. The molecule has 0 aliphatic carbocycles. The summed E-state index contributed by atoms with van der Waals surface area (Å²) < 4.78 is 2.22. The fourth-order valence-corrected chi connectivity index (χ4v) is 3.77. The van der Waals surface area contributed by atoms with Crippen molar-refractivity contribution >= 4 is 22.6 Å². The van der Waals surface area contributed by atoms with Crippen molar-refractivity contribution in [3.05, 3.63) is 72.1 Å². The maximum absolute atomic E-state index is 12.7. The van der Waals surface area contributed by atoms with E-state index >= 15 is 0 Å². The fraction of sp³-hybridized carbons (Fsp3) is 0.273. The van der Waals surface area contributed by atoms with E-state index in [-0.39, 0.29) is 11.8 Å². The summed E-state index contributed by atoms with van der Waals surface area (Å²) in [5, 5.41) is 0. The number of rotatable bonds is 4. The number of aromatic nitrogens is 2. The number of nitrogens with zero attached hydrogens (tertiary/aromatic N) is 3. The second-order valence-electron chi connectivity index (χ2n) is 7.25. The van der Waals surface area contributed by atoms with E-state index < -0.39 is 0 Å². The largest absolute Gasteiger partial charge is 0.324 e. The second kappa shape index (κ2) is 6.45. The lowest BCUT2D eigenvalue weighted by atomic mass is 10.1. The zero-order chi connectivity index (χ0) is 18.3. The molecule has 0 saturated carbocycles. The molecule has 4 heteroatoms. The lowest BCUT2D eigenvalue weighted by Gasteiger charge is -2.18. The Labute approximate surface area is 153 Å². The van der Waals surface area contributed by atoms with Crippen LogP contribution in [0.1, 0.15) is 30.7 Å². The first-order chi connectivity index (χ1) is 12.5. The van der Waals surface area contributed by atoms with Crippen LogP contribution >= 0.6 is 0 Å². The Morgan fingerprint density at radius 3 is 2.81 bits per heavy atom. The molecule has 1 fully saturated rings. The number of imidazole rings is 1. The predicted molar refractivity (Wildman–Crippen MR) is 105 cm³/mol. The predicted octanol–water partition coefficient (Wildman–Crippen LogP) is 4.44. The third kappa shape index (κ3) is 2.92. The van der Waals surface area contributed by atoms with Gasteiger partial charge in [-0.05, 0) is 43.7 Å². The van der Waals surface area contributed by atoms with Crippen molar-refractivity contribution in [3.8, 4) is 0 Å². The van der Waals surface area contributed by atoms with Gasteiger partial charge in [0.2, 0.25) is 5.91 Å². The summed E-state index contributed by atoms with van der Waals surface area (Å²) in [6.45, 7) is 9.54. The van der Waals surface area contributed by atoms with Crippen LogP contribution in [-0.4, -0.2) is 22.0 Å². The minimum atomic E-state index is 0.0924. The summed E-state index contributed by atoms with van der Waals surface area (Å²) in [6.07, 6.45) is 0.494. The van der Waals surface area contributed by atoms with Crippen molar-refractivity contribution in [3.63, 3.8) is 0 Å². The van der Waals surface area contributed by atoms with Gasteiger partial charge in [0.05, 0.1) is 11.0 Å². The molecular formula is C22H23N3O. The third-order valence-electron chi connectivity index (χ3n) is 4.92. The number of benzene rings is 2. The van der Waals surface area contributed by atoms with E-state index in [4.69, 9.17) is 4.98 Å². The topological polar surface area (TPSA) is 38.1 Å². The van der Waals surface area contributed by atoms with E-state index in [0.717, 1.165) is 40.2 Å². The number of amides is 1. The lowest BCUT2D eigenvalue weighted by molar-refractivity contribution is -0.117. The molecule has 1 saturated heterocycles.